The standard InChI is InChI=1S/C17H17ClF4N6O2/c18-10-5-28(15(21)22)27-13(10)14(29)25-7-1-2-11(20)8(3-7)17(6-19,26-16(24)30)9-4-12(9)23/h1-3,5,9,12,15H,4,6,23H2,(H,25,29)(H3,24,26,30)/t9-,12+,17+/m0/s1. The number of carbonyl (C=O) groups excluding carboxylic acids is 2. The zero-order chi connectivity index (χ0) is 22.2. The third kappa shape index (κ3) is 4.05. The van der Waals surface area contributed by atoms with Gasteiger partial charge in [0, 0.05) is 23.2 Å². The van der Waals surface area contributed by atoms with Crippen LogP contribution in [0.4, 0.5) is 28.0 Å². The number of benzene rings is 1. The molecule has 1 heterocycles. The SMILES string of the molecule is NC(=O)N[C@](CF)(c1cc(NC(=O)c2nn(C(F)F)cc2Cl)ccc1F)[C@H]1C[C@H]1N. The molecule has 0 radical (unpaired) electrons. The third-order valence-corrected chi connectivity index (χ3v) is 5.11. The lowest BCUT2D eigenvalue weighted by Gasteiger charge is -2.33. The molecular weight excluding hydrogens is 432 g/mol. The molecule has 1 aliphatic rings. The molecule has 0 spiro atoms. The molecular formula is C17H17ClF4N6O2. The van der Waals surface area contributed by atoms with E-state index in [1.54, 1.807) is 0 Å². The second-order valence-electron chi connectivity index (χ2n) is 6.83. The van der Waals surface area contributed by atoms with Crippen molar-refractivity contribution in [2.75, 3.05) is 12.0 Å². The van der Waals surface area contributed by atoms with Gasteiger partial charge in [-0.15, -0.1) is 0 Å². The Hall–Kier alpha value is -2.86. The Morgan fingerprint density at radius 3 is 2.57 bits per heavy atom. The number of carbonyl (C=O) groups is 2. The van der Waals surface area contributed by atoms with Crippen molar-refractivity contribution in [3.8, 4) is 0 Å². The average Bonchev–Trinajstić information content (AvgIpc) is 3.27. The van der Waals surface area contributed by atoms with Gasteiger partial charge in [-0.2, -0.15) is 13.9 Å². The first-order valence-electron chi connectivity index (χ1n) is 8.62. The van der Waals surface area contributed by atoms with Gasteiger partial charge in [0.15, 0.2) is 5.69 Å². The van der Waals surface area contributed by atoms with E-state index < -0.39 is 54.2 Å². The average molecular weight is 449 g/mol. The minimum absolute atomic E-state index is 0.0163. The number of alkyl halides is 3. The number of urea groups is 1. The Labute approximate surface area is 172 Å². The number of amides is 3. The molecule has 13 heteroatoms. The number of halogens is 5. The first kappa shape index (κ1) is 21.8. The topological polar surface area (TPSA) is 128 Å². The highest BCUT2D eigenvalue weighted by atomic mass is 35.5. The van der Waals surface area contributed by atoms with E-state index in [1.807, 2.05) is 0 Å². The van der Waals surface area contributed by atoms with E-state index in [-0.39, 0.29) is 21.0 Å². The molecule has 3 atom stereocenters. The first-order chi connectivity index (χ1) is 14.1. The second-order valence-corrected chi connectivity index (χ2v) is 7.24. The Balaban J connectivity index is 1.94. The summed E-state index contributed by atoms with van der Waals surface area (Å²) in [6.45, 7) is -4.21. The highest BCUT2D eigenvalue weighted by molar-refractivity contribution is 6.34. The quantitative estimate of drug-likeness (QED) is 0.485. The molecule has 1 aromatic carbocycles. The molecule has 0 aliphatic heterocycles. The minimum atomic E-state index is -3.01. The summed E-state index contributed by atoms with van der Waals surface area (Å²) in [5.74, 6) is -2.43. The largest absolute Gasteiger partial charge is 0.352 e. The van der Waals surface area contributed by atoms with Crippen LogP contribution in [0.1, 0.15) is 29.0 Å². The number of rotatable bonds is 7. The maximum atomic E-state index is 14.6. The molecule has 6 N–H and O–H groups in total. The molecule has 1 fully saturated rings. The Kier molecular flexibility index (Phi) is 5.90. The molecule has 1 aromatic heterocycles. The lowest BCUT2D eigenvalue weighted by molar-refractivity contribution is 0.0561. The van der Waals surface area contributed by atoms with Gasteiger partial charge in [-0.3, -0.25) is 4.79 Å². The molecule has 30 heavy (non-hydrogen) atoms. The lowest BCUT2D eigenvalue weighted by Crippen LogP contribution is -2.53. The number of anilines is 1. The number of nitrogens with zero attached hydrogens (tertiary/aromatic N) is 2. The van der Waals surface area contributed by atoms with Crippen LogP contribution in [0.15, 0.2) is 24.4 Å². The van der Waals surface area contributed by atoms with Crippen molar-refractivity contribution < 1.29 is 27.2 Å². The molecule has 3 rings (SSSR count). The van der Waals surface area contributed by atoms with Crippen LogP contribution in [0.5, 0.6) is 0 Å². The van der Waals surface area contributed by atoms with E-state index in [1.165, 1.54) is 0 Å². The maximum Gasteiger partial charge on any atom is 0.333 e. The van der Waals surface area contributed by atoms with Crippen molar-refractivity contribution in [1.29, 1.82) is 0 Å². The molecule has 2 aromatic rings. The second kappa shape index (κ2) is 8.11. The van der Waals surface area contributed by atoms with E-state index in [2.05, 4.69) is 15.7 Å². The fourth-order valence-corrected chi connectivity index (χ4v) is 3.55. The zero-order valence-corrected chi connectivity index (χ0v) is 16.0. The van der Waals surface area contributed by atoms with Crippen LogP contribution in [0.3, 0.4) is 0 Å². The monoisotopic (exact) mass is 448 g/mol. The van der Waals surface area contributed by atoms with Gasteiger partial charge in [0.25, 0.3) is 5.91 Å². The summed E-state index contributed by atoms with van der Waals surface area (Å²) < 4.78 is 54.3. The Bertz CT molecular complexity index is 987. The lowest BCUT2D eigenvalue weighted by atomic mass is 9.85. The fraction of sp³-hybridized carbons (Fsp3) is 0.353. The summed E-state index contributed by atoms with van der Waals surface area (Å²) in [6.07, 6.45) is 1.09. The Morgan fingerprint density at radius 1 is 1.40 bits per heavy atom. The van der Waals surface area contributed by atoms with Gasteiger partial charge >= 0.3 is 12.6 Å². The van der Waals surface area contributed by atoms with Crippen molar-refractivity contribution >= 4 is 29.2 Å². The zero-order valence-electron chi connectivity index (χ0n) is 15.2. The van der Waals surface area contributed by atoms with E-state index >= 15 is 0 Å². The molecule has 0 unspecified atom stereocenters. The third-order valence-electron chi connectivity index (χ3n) is 4.84. The highest BCUT2D eigenvalue weighted by Gasteiger charge is 2.54. The molecule has 1 saturated carbocycles. The summed E-state index contributed by atoms with van der Waals surface area (Å²) in [4.78, 5) is 23.8. The number of nitrogens with one attached hydrogen (secondary N) is 2. The predicted octanol–water partition coefficient (Wildman–Crippen LogP) is 2.50. The van der Waals surface area contributed by atoms with Crippen molar-refractivity contribution in [1.82, 2.24) is 15.1 Å². The van der Waals surface area contributed by atoms with Gasteiger partial charge in [0.1, 0.15) is 18.0 Å². The van der Waals surface area contributed by atoms with Gasteiger partial charge < -0.3 is 22.1 Å². The van der Waals surface area contributed by atoms with Crippen LogP contribution in [0.2, 0.25) is 5.02 Å². The van der Waals surface area contributed by atoms with E-state index in [0.717, 1.165) is 24.4 Å². The van der Waals surface area contributed by atoms with Gasteiger partial charge in [-0.1, -0.05) is 11.6 Å². The van der Waals surface area contributed by atoms with Crippen LogP contribution in [0.25, 0.3) is 0 Å². The molecule has 0 saturated heterocycles. The van der Waals surface area contributed by atoms with E-state index in [0.29, 0.717) is 6.42 Å². The molecule has 162 valence electrons. The fourth-order valence-electron chi connectivity index (χ4n) is 3.32. The number of hydrogen-bond acceptors (Lipinski definition) is 4. The van der Waals surface area contributed by atoms with E-state index in [4.69, 9.17) is 23.1 Å². The number of primary amides is 1. The highest BCUT2D eigenvalue weighted by Crippen LogP contribution is 2.46. The van der Waals surface area contributed by atoms with Gasteiger partial charge in [0.05, 0.1) is 11.2 Å². The summed E-state index contributed by atoms with van der Waals surface area (Å²) in [7, 11) is 0. The normalized spacial score (nSPS) is 20.0. The molecule has 8 nitrogen and oxygen atoms in total. The summed E-state index contributed by atoms with van der Waals surface area (Å²) >= 11 is 5.76. The van der Waals surface area contributed by atoms with Gasteiger partial charge in [0.2, 0.25) is 0 Å². The van der Waals surface area contributed by atoms with Crippen LogP contribution < -0.4 is 22.1 Å². The van der Waals surface area contributed by atoms with Crippen LogP contribution in [-0.2, 0) is 5.54 Å². The predicted molar refractivity (Wildman–Crippen MR) is 99.3 cm³/mol. The van der Waals surface area contributed by atoms with Crippen molar-refractivity contribution in [3.05, 3.63) is 46.5 Å². The van der Waals surface area contributed by atoms with Crippen LogP contribution in [-0.4, -0.2) is 34.4 Å². The van der Waals surface area contributed by atoms with Crippen molar-refractivity contribution in [2.45, 2.75) is 24.6 Å². The van der Waals surface area contributed by atoms with Crippen molar-refractivity contribution in [3.63, 3.8) is 0 Å². The molecule has 1 aliphatic carbocycles. The Morgan fingerprint density at radius 2 is 2.07 bits per heavy atom. The van der Waals surface area contributed by atoms with Gasteiger partial charge in [-0.05, 0) is 24.6 Å². The number of nitrogens with two attached hydrogens (primary N) is 2. The summed E-state index contributed by atoms with van der Waals surface area (Å²) in [5.41, 5.74) is 8.34. The van der Waals surface area contributed by atoms with Gasteiger partial charge in [-0.25, -0.2) is 18.3 Å². The minimum Gasteiger partial charge on any atom is -0.352 e. The summed E-state index contributed by atoms with van der Waals surface area (Å²) in [5, 5.41) is 7.64. The van der Waals surface area contributed by atoms with E-state index in [9.17, 15) is 27.2 Å². The van der Waals surface area contributed by atoms with Crippen LogP contribution >= 0.6 is 11.6 Å². The number of hydrogen-bond donors (Lipinski definition) is 4. The summed E-state index contributed by atoms with van der Waals surface area (Å²) in [6, 6.07) is 1.65. The molecule has 0 bridgehead atoms. The molecule has 3 amide bonds. The maximum absolute atomic E-state index is 14.6. The first-order valence-corrected chi connectivity index (χ1v) is 9.00. The number of aromatic nitrogens is 2. The smallest absolute Gasteiger partial charge is 0.333 e. The van der Waals surface area contributed by atoms with Crippen molar-refractivity contribution in [2.24, 2.45) is 17.4 Å². The van der Waals surface area contributed by atoms with Crippen LogP contribution in [0, 0.1) is 11.7 Å².